The van der Waals surface area contributed by atoms with Crippen molar-refractivity contribution in [2.75, 3.05) is 0 Å². The molecule has 0 spiro atoms. The lowest BCUT2D eigenvalue weighted by molar-refractivity contribution is -0.165. The van der Waals surface area contributed by atoms with Crippen molar-refractivity contribution in [3.8, 4) is 6.07 Å². The minimum Gasteiger partial charge on any atom is -0.455 e. The van der Waals surface area contributed by atoms with Gasteiger partial charge in [0.2, 0.25) is 6.10 Å². The van der Waals surface area contributed by atoms with Crippen LogP contribution in [0.2, 0.25) is 0 Å². The van der Waals surface area contributed by atoms with Gasteiger partial charge in [-0.15, -0.1) is 0 Å². The highest BCUT2D eigenvalue weighted by Gasteiger charge is 2.52. The number of nitriles is 1. The molecule has 1 amide bonds. The van der Waals surface area contributed by atoms with Crippen LogP contribution in [0.3, 0.4) is 0 Å². The molecule has 1 aromatic carbocycles. The molecular weight excluding hydrogens is 300 g/mol. The quantitative estimate of drug-likeness (QED) is 0.762. The zero-order chi connectivity index (χ0) is 17.0. The highest BCUT2D eigenvalue weighted by Crippen LogP contribution is 2.27. The lowest BCUT2D eigenvalue weighted by Crippen LogP contribution is -2.38. The maximum atomic E-state index is 12.5. The summed E-state index contributed by atoms with van der Waals surface area (Å²) in [6.45, 7) is 2.48. The Labute approximate surface area is 133 Å². The summed E-state index contributed by atoms with van der Waals surface area (Å²) in [6, 6.07) is 10.0. The Morgan fingerprint density at radius 1 is 1.17 bits per heavy atom. The molecule has 0 N–H and O–H groups in total. The van der Waals surface area contributed by atoms with Crippen molar-refractivity contribution < 1.29 is 23.9 Å². The molecule has 1 fully saturated rings. The zero-order valence-electron chi connectivity index (χ0n) is 12.8. The fraction of sp³-hybridized carbons (Fsp3) is 0.375. The van der Waals surface area contributed by atoms with Gasteiger partial charge < -0.3 is 14.4 Å². The van der Waals surface area contributed by atoms with Crippen molar-refractivity contribution in [2.24, 2.45) is 0 Å². The van der Waals surface area contributed by atoms with Crippen molar-refractivity contribution in [1.82, 2.24) is 4.90 Å². The Bertz CT molecular complexity index is 652. The third-order valence-corrected chi connectivity index (χ3v) is 3.39. The lowest BCUT2D eigenvalue weighted by Gasteiger charge is -2.21. The molecule has 0 aliphatic carbocycles. The average molecular weight is 316 g/mol. The predicted molar refractivity (Wildman–Crippen MR) is 77.5 cm³/mol. The van der Waals surface area contributed by atoms with Crippen LogP contribution in [-0.2, 0) is 30.4 Å². The molecule has 3 atom stereocenters. The first-order valence-electron chi connectivity index (χ1n) is 7.02. The molecule has 1 aliphatic heterocycles. The number of ether oxygens (including phenoxy) is 2. The largest absolute Gasteiger partial charge is 0.455 e. The molecule has 0 saturated carbocycles. The van der Waals surface area contributed by atoms with E-state index in [2.05, 4.69) is 0 Å². The summed E-state index contributed by atoms with van der Waals surface area (Å²) >= 11 is 0. The Balaban J connectivity index is 2.30. The van der Waals surface area contributed by atoms with Crippen LogP contribution < -0.4 is 0 Å². The summed E-state index contributed by atoms with van der Waals surface area (Å²) < 4.78 is 10.0. The molecule has 23 heavy (non-hydrogen) atoms. The number of hydrogen-bond donors (Lipinski definition) is 0. The van der Waals surface area contributed by atoms with Gasteiger partial charge in [0.1, 0.15) is 0 Å². The van der Waals surface area contributed by atoms with Crippen LogP contribution in [0.4, 0.5) is 0 Å². The first-order chi connectivity index (χ1) is 10.9. The summed E-state index contributed by atoms with van der Waals surface area (Å²) in [5.41, 5.74) is 0.811. The standard InChI is InChI=1S/C16H16N2O5/c1-10(19)22-14-13(8-17)18(9-12-6-4-3-5-7-12)16(21)15(14)23-11(2)20/h3-7,13-15H,9H2,1-2H3/t13-,14+,15-/m1/s1. The molecule has 1 saturated heterocycles. The van der Waals surface area contributed by atoms with E-state index in [0.717, 1.165) is 12.5 Å². The Kier molecular flexibility index (Phi) is 4.96. The minimum absolute atomic E-state index is 0.160. The van der Waals surface area contributed by atoms with Gasteiger partial charge in [0, 0.05) is 20.4 Å². The summed E-state index contributed by atoms with van der Waals surface area (Å²) in [5.74, 6) is -1.89. The van der Waals surface area contributed by atoms with E-state index in [4.69, 9.17) is 9.47 Å². The lowest BCUT2D eigenvalue weighted by atomic mass is 10.1. The number of nitrogens with zero attached hydrogens (tertiary/aromatic N) is 2. The normalized spacial score (nSPS) is 23.3. The molecule has 0 radical (unpaired) electrons. The average Bonchev–Trinajstić information content (AvgIpc) is 2.72. The second kappa shape index (κ2) is 6.92. The molecule has 0 aromatic heterocycles. The fourth-order valence-corrected chi connectivity index (χ4v) is 2.50. The second-order valence-electron chi connectivity index (χ2n) is 5.13. The summed E-state index contributed by atoms with van der Waals surface area (Å²) in [5, 5.41) is 9.39. The zero-order valence-corrected chi connectivity index (χ0v) is 12.8. The smallest absolute Gasteiger partial charge is 0.303 e. The van der Waals surface area contributed by atoms with Crippen molar-refractivity contribution in [3.63, 3.8) is 0 Å². The number of amides is 1. The number of carbonyl (C=O) groups is 3. The summed E-state index contributed by atoms with van der Waals surface area (Å²) in [7, 11) is 0. The number of carbonyl (C=O) groups excluding carboxylic acids is 3. The first-order valence-corrected chi connectivity index (χ1v) is 7.02. The van der Waals surface area contributed by atoms with Crippen LogP contribution in [0, 0.1) is 11.3 Å². The molecule has 2 rings (SSSR count). The van der Waals surface area contributed by atoms with E-state index in [9.17, 15) is 19.6 Å². The van der Waals surface area contributed by atoms with E-state index in [1.54, 1.807) is 0 Å². The fourth-order valence-electron chi connectivity index (χ4n) is 2.50. The SMILES string of the molecule is CC(=O)O[C@H]1[C@@H](C#N)N(Cc2ccccc2)C(=O)[C@@H]1OC(C)=O. The number of hydrogen-bond acceptors (Lipinski definition) is 6. The highest BCUT2D eigenvalue weighted by molar-refractivity contribution is 5.88. The maximum absolute atomic E-state index is 12.5. The molecule has 1 aromatic rings. The topological polar surface area (TPSA) is 96.7 Å². The van der Waals surface area contributed by atoms with Crippen LogP contribution >= 0.6 is 0 Å². The monoisotopic (exact) mass is 316 g/mol. The van der Waals surface area contributed by atoms with E-state index >= 15 is 0 Å². The highest BCUT2D eigenvalue weighted by atomic mass is 16.6. The van der Waals surface area contributed by atoms with Crippen LogP contribution in [0.25, 0.3) is 0 Å². The van der Waals surface area contributed by atoms with Crippen molar-refractivity contribution in [2.45, 2.75) is 38.6 Å². The van der Waals surface area contributed by atoms with Gasteiger partial charge >= 0.3 is 11.9 Å². The van der Waals surface area contributed by atoms with Crippen molar-refractivity contribution in [1.29, 1.82) is 5.26 Å². The van der Waals surface area contributed by atoms with Crippen LogP contribution in [0.5, 0.6) is 0 Å². The maximum Gasteiger partial charge on any atom is 0.303 e. The van der Waals surface area contributed by atoms with Gasteiger partial charge in [-0.25, -0.2) is 0 Å². The van der Waals surface area contributed by atoms with Crippen LogP contribution in [-0.4, -0.2) is 41.0 Å². The number of esters is 2. The van der Waals surface area contributed by atoms with Gasteiger partial charge in [-0.1, -0.05) is 30.3 Å². The molecule has 7 heteroatoms. The summed E-state index contributed by atoms with van der Waals surface area (Å²) in [4.78, 5) is 36.3. The van der Waals surface area contributed by atoms with Gasteiger partial charge in [0.25, 0.3) is 5.91 Å². The van der Waals surface area contributed by atoms with E-state index in [1.807, 2.05) is 36.4 Å². The van der Waals surface area contributed by atoms with E-state index in [0.29, 0.717) is 0 Å². The van der Waals surface area contributed by atoms with Crippen LogP contribution in [0.1, 0.15) is 19.4 Å². The van der Waals surface area contributed by atoms with Gasteiger partial charge in [-0.3, -0.25) is 14.4 Å². The van der Waals surface area contributed by atoms with E-state index in [1.165, 1.54) is 11.8 Å². The predicted octanol–water partition coefficient (Wildman–Crippen LogP) is 0.784. The van der Waals surface area contributed by atoms with Gasteiger partial charge in [-0.2, -0.15) is 5.26 Å². The molecular formula is C16H16N2O5. The Hall–Kier alpha value is -2.88. The Morgan fingerprint density at radius 2 is 1.78 bits per heavy atom. The summed E-state index contributed by atoms with van der Waals surface area (Å²) in [6.07, 6.45) is -2.44. The minimum atomic E-state index is -1.30. The molecule has 0 bridgehead atoms. The molecule has 120 valence electrons. The van der Waals surface area contributed by atoms with E-state index < -0.39 is 36.1 Å². The van der Waals surface area contributed by atoms with E-state index in [-0.39, 0.29) is 6.54 Å². The number of benzene rings is 1. The van der Waals surface area contributed by atoms with Crippen molar-refractivity contribution >= 4 is 17.8 Å². The third kappa shape index (κ3) is 3.66. The van der Waals surface area contributed by atoms with Gasteiger partial charge in [0.15, 0.2) is 12.1 Å². The van der Waals surface area contributed by atoms with Crippen molar-refractivity contribution in [3.05, 3.63) is 35.9 Å². The molecule has 0 unspecified atom stereocenters. The molecule has 1 aliphatic rings. The Morgan fingerprint density at radius 3 is 2.30 bits per heavy atom. The second-order valence-corrected chi connectivity index (χ2v) is 5.13. The third-order valence-electron chi connectivity index (χ3n) is 3.39. The number of rotatable bonds is 4. The number of likely N-dealkylation sites (tertiary alicyclic amines) is 1. The molecule has 7 nitrogen and oxygen atoms in total. The van der Waals surface area contributed by atoms with Gasteiger partial charge in [-0.05, 0) is 5.56 Å². The van der Waals surface area contributed by atoms with Gasteiger partial charge in [0.05, 0.1) is 6.07 Å². The molecule has 1 heterocycles. The van der Waals surface area contributed by atoms with Crippen LogP contribution in [0.15, 0.2) is 30.3 Å². The first kappa shape index (κ1) is 16.5.